The van der Waals surface area contributed by atoms with Crippen molar-refractivity contribution in [1.29, 1.82) is 0 Å². The summed E-state index contributed by atoms with van der Waals surface area (Å²) in [5, 5.41) is 4.60. The summed E-state index contributed by atoms with van der Waals surface area (Å²) in [5.74, 6) is 0.834. The van der Waals surface area contributed by atoms with Crippen LogP contribution in [0.2, 0.25) is 0 Å². The first-order chi connectivity index (χ1) is 8.02. The van der Waals surface area contributed by atoms with Gasteiger partial charge in [0.2, 0.25) is 9.84 Å². The first-order valence-corrected chi connectivity index (χ1v) is 8.35. The first-order valence-electron chi connectivity index (χ1n) is 5.02. The average molecular weight is 336 g/mol. The molecule has 0 bridgehead atoms. The highest BCUT2D eigenvalue weighted by molar-refractivity contribution is 9.10. The van der Waals surface area contributed by atoms with E-state index in [4.69, 9.17) is 0 Å². The van der Waals surface area contributed by atoms with E-state index >= 15 is 0 Å². The van der Waals surface area contributed by atoms with Crippen molar-refractivity contribution in [3.63, 3.8) is 0 Å². The molecule has 0 amide bonds. The average Bonchev–Trinajstić information content (AvgIpc) is 2.30. The highest BCUT2D eigenvalue weighted by atomic mass is 79.9. The zero-order valence-electron chi connectivity index (χ0n) is 9.60. The van der Waals surface area contributed by atoms with Crippen LogP contribution in [-0.4, -0.2) is 21.2 Å². The summed E-state index contributed by atoms with van der Waals surface area (Å²) in [7, 11) is -1.82. The molecule has 1 aromatic carbocycles. The van der Waals surface area contributed by atoms with Crippen molar-refractivity contribution < 1.29 is 8.42 Å². The van der Waals surface area contributed by atoms with Crippen LogP contribution < -0.4 is 5.32 Å². The number of hydrogen-bond donors (Lipinski definition) is 1. The molecule has 17 heavy (non-hydrogen) atoms. The minimum atomic E-state index is -3.43. The molecule has 3 nitrogen and oxygen atoms in total. The molecule has 1 aromatic rings. The second-order valence-corrected chi connectivity index (χ2v) is 7.12. The fraction of sp³-hybridized carbons (Fsp3) is 0.273. The van der Waals surface area contributed by atoms with Crippen LogP contribution >= 0.6 is 27.7 Å². The van der Waals surface area contributed by atoms with Gasteiger partial charge in [-0.15, -0.1) is 11.8 Å². The normalized spacial score (nSPS) is 12.5. The summed E-state index contributed by atoms with van der Waals surface area (Å²) in [5.41, 5.74) is 0. The van der Waals surface area contributed by atoms with Gasteiger partial charge >= 0.3 is 0 Å². The van der Waals surface area contributed by atoms with Crippen molar-refractivity contribution in [3.05, 3.63) is 39.2 Å². The number of nitrogens with one attached hydrogen (secondary N) is 1. The summed E-state index contributed by atoms with van der Waals surface area (Å²) in [6.07, 6.45) is 0. The third-order valence-corrected chi connectivity index (χ3v) is 5.22. The second-order valence-electron chi connectivity index (χ2n) is 3.14. The van der Waals surface area contributed by atoms with Crippen molar-refractivity contribution in [1.82, 2.24) is 5.32 Å². The smallest absolute Gasteiger partial charge is 0.221 e. The van der Waals surface area contributed by atoms with Crippen LogP contribution in [0, 0.1) is 0 Å². The summed E-state index contributed by atoms with van der Waals surface area (Å²) in [6, 6.07) is 6.60. The zero-order chi connectivity index (χ0) is 12.9. The van der Waals surface area contributed by atoms with Crippen LogP contribution in [0.5, 0.6) is 0 Å². The van der Waals surface area contributed by atoms with Crippen LogP contribution in [0.1, 0.15) is 6.92 Å². The SMILES string of the molecule is CCS/C=C(\NC)S(=O)(=O)c1ccc(Br)cc1. The van der Waals surface area contributed by atoms with Gasteiger partial charge in [-0.1, -0.05) is 22.9 Å². The Balaban J connectivity index is 3.13. The van der Waals surface area contributed by atoms with Gasteiger partial charge in [-0.05, 0) is 30.0 Å². The van der Waals surface area contributed by atoms with Gasteiger partial charge in [0.05, 0.1) is 4.90 Å². The molecule has 0 aliphatic rings. The summed E-state index contributed by atoms with van der Waals surface area (Å²) in [4.78, 5) is 0.290. The van der Waals surface area contributed by atoms with E-state index in [0.717, 1.165) is 10.2 Å². The molecule has 1 rings (SSSR count). The predicted octanol–water partition coefficient (Wildman–Crippen LogP) is 2.99. The lowest BCUT2D eigenvalue weighted by molar-refractivity contribution is 0.599. The van der Waals surface area contributed by atoms with Gasteiger partial charge in [-0.3, -0.25) is 0 Å². The third kappa shape index (κ3) is 3.76. The summed E-state index contributed by atoms with van der Waals surface area (Å²) in [6.45, 7) is 1.97. The van der Waals surface area contributed by atoms with Gasteiger partial charge in [-0.2, -0.15) is 0 Å². The molecule has 0 fully saturated rings. The molecule has 94 valence electrons. The number of rotatable bonds is 5. The molecule has 0 aliphatic carbocycles. The Labute approximate surface area is 115 Å². The van der Waals surface area contributed by atoms with Crippen molar-refractivity contribution in [3.8, 4) is 0 Å². The molecule has 0 radical (unpaired) electrons. The van der Waals surface area contributed by atoms with E-state index < -0.39 is 9.84 Å². The second kappa shape index (κ2) is 6.47. The number of thioether (sulfide) groups is 1. The van der Waals surface area contributed by atoms with E-state index in [-0.39, 0.29) is 9.92 Å². The Morgan fingerprint density at radius 2 is 2.00 bits per heavy atom. The number of hydrogen-bond acceptors (Lipinski definition) is 4. The molecular weight excluding hydrogens is 322 g/mol. The molecule has 0 aliphatic heterocycles. The van der Waals surface area contributed by atoms with Crippen molar-refractivity contribution >= 4 is 37.5 Å². The lowest BCUT2D eigenvalue weighted by Crippen LogP contribution is -2.16. The maximum Gasteiger partial charge on any atom is 0.221 e. The Morgan fingerprint density at radius 1 is 1.41 bits per heavy atom. The third-order valence-electron chi connectivity index (χ3n) is 2.02. The summed E-state index contributed by atoms with van der Waals surface area (Å²) < 4.78 is 25.3. The van der Waals surface area contributed by atoms with Gasteiger partial charge in [0.25, 0.3) is 0 Å². The molecule has 1 N–H and O–H groups in total. The maximum atomic E-state index is 12.2. The predicted molar refractivity (Wildman–Crippen MR) is 76.6 cm³/mol. The van der Waals surface area contributed by atoms with Crippen LogP contribution in [0.25, 0.3) is 0 Å². The molecule has 6 heteroatoms. The van der Waals surface area contributed by atoms with Gasteiger partial charge in [0, 0.05) is 16.9 Å². The lowest BCUT2D eigenvalue weighted by atomic mass is 10.4. The molecule has 0 unspecified atom stereocenters. The van der Waals surface area contributed by atoms with Crippen molar-refractivity contribution in [2.45, 2.75) is 11.8 Å². The quantitative estimate of drug-likeness (QED) is 0.898. The van der Waals surface area contributed by atoms with Crippen molar-refractivity contribution in [2.24, 2.45) is 0 Å². The molecule has 0 saturated heterocycles. The van der Waals surface area contributed by atoms with E-state index in [1.54, 1.807) is 36.7 Å². The van der Waals surface area contributed by atoms with Gasteiger partial charge in [0.1, 0.15) is 5.03 Å². The van der Waals surface area contributed by atoms with E-state index in [1.807, 2.05) is 6.92 Å². The Morgan fingerprint density at radius 3 is 2.47 bits per heavy atom. The maximum absolute atomic E-state index is 12.2. The minimum absolute atomic E-state index is 0.228. The van der Waals surface area contributed by atoms with Crippen LogP contribution in [0.4, 0.5) is 0 Å². The van der Waals surface area contributed by atoms with Crippen LogP contribution in [0.15, 0.2) is 44.1 Å². The highest BCUT2D eigenvalue weighted by Gasteiger charge is 2.19. The Kier molecular flexibility index (Phi) is 5.55. The van der Waals surface area contributed by atoms with Crippen LogP contribution in [-0.2, 0) is 9.84 Å². The largest absolute Gasteiger partial charge is 0.378 e. The number of halogens is 1. The fourth-order valence-electron chi connectivity index (χ4n) is 1.16. The van der Waals surface area contributed by atoms with E-state index in [9.17, 15) is 8.42 Å². The van der Waals surface area contributed by atoms with E-state index in [0.29, 0.717) is 0 Å². The zero-order valence-corrected chi connectivity index (χ0v) is 12.8. The van der Waals surface area contributed by atoms with Gasteiger partial charge in [0.15, 0.2) is 0 Å². The molecule has 0 spiro atoms. The molecular formula is C11H14BrNO2S2. The Bertz CT molecular complexity index is 495. The monoisotopic (exact) mass is 335 g/mol. The Hall–Kier alpha value is -0.460. The highest BCUT2D eigenvalue weighted by Crippen LogP contribution is 2.21. The standard InChI is InChI=1S/C11H14BrNO2S2/c1-3-16-8-11(13-2)17(14,15)10-6-4-9(12)5-7-10/h4-8,13H,3H2,1-2H3/b11-8+. The van der Waals surface area contributed by atoms with E-state index in [1.165, 1.54) is 11.8 Å². The lowest BCUT2D eigenvalue weighted by Gasteiger charge is -2.08. The number of benzene rings is 1. The molecule has 0 aromatic heterocycles. The van der Waals surface area contributed by atoms with E-state index in [2.05, 4.69) is 21.2 Å². The minimum Gasteiger partial charge on any atom is -0.378 e. The fourth-order valence-corrected chi connectivity index (χ4v) is 3.58. The molecule has 0 saturated carbocycles. The number of sulfone groups is 1. The van der Waals surface area contributed by atoms with Gasteiger partial charge < -0.3 is 5.32 Å². The van der Waals surface area contributed by atoms with Gasteiger partial charge in [-0.25, -0.2) is 8.42 Å². The molecule has 0 heterocycles. The van der Waals surface area contributed by atoms with Crippen molar-refractivity contribution in [2.75, 3.05) is 12.8 Å². The molecule has 0 atom stereocenters. The first kappa shape index (κ1) is 14.6. The summed E-state index contributed by atoms with van der Waals surface area (Å²) >= 11 is 4.73. The topological polar surface area (TPSA) is 46.2 Å². The van der Waals surface area contributed by atoms with Crippen LogP contribution in [0.3, 0.4) is 0 Å².